The molecule has 7 nitrogen and oxygen atoms in total. The predicted molar refractivity (Wildman–Crippen MR) is 152 cm³/mol. The molecule has 224 valence electrons. The zero-order valence-electron chi connectivity index (χ0n) is 24.5. The quantitative estimate of drug-likeness (QED) is 0.208. The summed E-state index contributed by atoms with van der Waals surface area (Å²) in [4.78, 5) is 10.9. The topological polar surface area (TPSA) is 94.5 Å². The molecule has 0 bridgehead atoms. The molecule has 0 spiro atoms. The number of carboxylic acids is 1. The highest BCUT2D eigenvalue weighted by Crippen LogP contribution is 2.40. The van der Waals surface area contributed by atoms with Gasteiger partial charge in [-0.15, -0.1) is 0 Å². The van der Waals surface area contributed by atoms with Gasteiger partial charge in [0.15, 0.2) is 12.6 Å². The molecule has 0 aromatic rings. The molecule has 9 atom stereocenters. The lowest BCUT2D eigenvalue weighted by molar-refractivity contribution is -0.193. The average Bonchev–Trinajstić information content (AvgIpc) is 3.22. The second-order valence-corrected chi connectivity index (χ2v) is 12.0. The van der Waals surface area contributed by atoms with Gasteiger partial charge in [-0.3, -0.25) is 4.79 Å². The fourth-order valence-corrected chi connectivity index (χ4v) is 6.05. The van der Waals surface area contributed by atoms with Crippen molar-refractivity contribution in [3.8, 4) is 0 Å². The molecular formula is C32H54O7. The summed E-state index contributed by atoms with van der Waals surface area (Å²) in [6.07, 6.45) is 19.4. The first-order valence-electron chi connectivity index (χ1n) is 15.7. The lowest BCUT2D eigenvalue weighted by Crippen LogP contribution is -2.32. The van der Waals surface area contributed by atoms with Crippen LogP contribution >= 0.6 is 0 Å². The summed E-state index contributed by atoms with van der Waals surface area (Å²) < 4.78 is 24.8. The van der Waals surface area contributed by atoms with Crippen molar-refractivity contribution in [3.63, 3.8) is 0 Å². The van der Waals surface area contributed by atoms with Gasteiger partial charge in [0, 0.05) is 32.0 Å². The maximum absolute atomic E-state index is 11.1. The Labute approximate surface area is 236 Å². The average molecular weight is 551 g/mol. The second-order valence-electron chi connectivity index (χ2n) is 12.0. The summed E-state index contributed by atoms with van der Waals surface area (Å²) in [6.45, 7) is 8.02. The molecule has 0 amide bonds. The lowest BCUT2D eigenvalue weighted by Gasteiger charge is -2.31. The van der Waals surface area contributed by atoms with Crippen LogP contribution in [0.25, 0.3) is 0 Å². The van der Waals surface area contributed by atoms with Gasteiger partial charge in [-0.2, -0.15) is 0 Å². The van der Waals surface area contributed by atoms with Gasteiger partial charge >= 0.3 is 5.97 Å². The molecule has 2 N–H and O–H groups in total. The van der Waals surface area contributed by atoms with E-state index in [0.29, 0.717) is 18.8 Å². The molecule has 3 fully saturated rings. The minimum absolute atomic E-state index is 0.0234. The zero-order valence-corrected chi connectivity index (χ0v) is 24.5. The first-order valence-corrected chi connectivity index (χ1v) is 15.7. The molecule has 39 heavy (non-hydrogen) atoms. The van der Waals surface area contributed by atoms with Gasteiger partial charge < -0.3 is 29.2 Å². The van der Waals surface area contributed by atoms with Gasteiger partial charge in [0.25, 0.3) is 0 Å². The minimum Gasteiger partial charge on any atom is -0.481 e. The highest BCUT2D eigenvalue weighted by Gasteiger charge is 2.42. The Balaban J connectivity index is 1.73. The monoisotopic (exact) mass is 550 g/mol. The third-order valence-electron chi connectivity index (χ3n) is 8.59. The predicted octanol–water partition coefficient (Wildman–Crippen LogP) is 6.64. The molecule has 0 aromatic heterocycles. The van der Waals surface area contributed by atoms with E-state index >= 15 is 0 Å². The van der Waals surface area contributed by atoms with Crippen LogP contribution < -0.4 is 0 Å². The largest absolute Gasteiger partial charge is 0.481 e. The van der Waals surface area contributed by atoms with Gasteiger partial charge in [0.1, 0.15) is 0 Å². The van der Waals surface area contributed by atoms with E-state index in [0.717, 1.165) is 71.0 Å². The van der Waals surface area contributed by atoms with E-state index in [-0.39, 0.29) is 49.0 Å². The Morgan fingerprint density at radius 3 is 2.38 bits per heavy atom. The van der Waals surface area contributed by atoms with E-state index < -0.39 is 12.1 Å². The van der Waals surface area contributed by atoms with Crippen LogP contribution in [-0.4, -0.2) is 60.3 Å². The maximum atomic E-state index is 11.1. The number of carboxylic acid groups (broad SMARTS) is 1. The van der Waals surface area contributed by atoms with Gasteiger partial charge in [-0.25, -0.2) is 0 Å². The molecule has 5 unspecified atom stereocenters. The number of aliphatic carboxylic acids is 1. The van der Waals surface area contributed by atoms with E-state index in [1.807, 2.05) is 6.92 Å². The van der Waals surface area contributed by atoms with Gasteiger partial charge in [-0.1, -0.05) is 57.9 Å². The Hall–Kier alpha value is -1.25. The van der Waals surface area contributed by atoms with Crippen LogP contribution in [-0.2, 0) is 23.7 Å². The first-order chi connectivity index (χ1) is 18.9. The smallest absolute Gasteiger partial charge is 0.303 e. The molecule has 2 heterocycles. The van der Waals surface area contributed by atoms with E-state index in [1.54, 1.807) is 0 Å². The first kappa shape index (κ1) is 32.3. The Morgan fingerprint density at radius 2 is 1.74 bits per heavy atom. The second kappa shape index (κ2) is 17.5. The van der Waals surface area contributed by atoms with E-state index in [9.17, 15) is 9.90 Å². The molecule has 2 aliphatic heterocycles. The SMILES string of the molecule is CCCC[C@@H](C)[C@@H](/C=C/[C@H]1C(OC2CCCCO2)CC(O)[C@@H]1C/C=C\C(C)CCC(=O)O)OC1CCCCO1. The summed E-state index contributed by atoms with van der Waals surface area (Å²) >= 11 is 0. The van der Waals surface area contributed by atoms with E-state index in [4.69, 9.17) is 24.1 Å². The molecule has 0 aromatic carbocycles. The number of aliphatic hydroxyl groups excluding tert-OH is 1. The van der Waals surface area contributed by atoms with Crippen LogP contribution in [0.5, 0.6) is 0 Å². The van der Waals surface area contributed by atoms with E-state index in [2.05, 4.69) is 38.2 Å². The van der Waals surface area contributed by atoms with Crippen molar-refractivity contribution in [2.75, 3.05) is 13.2 Å². The Kier molecular flexibility index (Phi) is 14.5. The van der Waals surface area contributed by atoms with Crippen LogP contribution in [0.15, 0.2) is 24.3 Å². The van der Waals surface area contributed by atoms with Crippen LogP contribution in [0.3, 0.4) is 0 Å². The highest BCUT2D eigenvalue weighted by molar-refractivity contribution is 5.66. The minimum atomic E-state index is -0.764. The molecule has 3 aliphatic rings. The number of aliphatic hydroxyl groups is 1. The summed E-state index contributed by atoms with van der Waals surface area (Å²) in [7, 11) is 0. The number of carbonyl (C=O) groups is 1. The summed E-state index contributed by atoms with van der Waals surface area (Å²) in [5.74, 6) is -0.145. The normalized spacial score (nSPS) is 32.5. The number of allylic oxidation sites excluding steroid dienone is 2. The summed E-state index contributed by atoms with van der Waals surface area (Å²) in [6, 6.07) is 0. The third kappa shape index (κ3) is 11.3. The number of ether oxygens (including phenoxy) is 4. The molecule has 0 radical (unpaired) electrons. The van der Waals surface area contributed by atoms with Gasteiger partial charge in [0.05, 0.1) is 18.3 Å². The van der Waals surface area contributed by atoms with Gasteiger partial charge in [0.2, 0.25) is 0 Å². The van der Waals surface area contributed by atoms with Crippen LogP contribution in [0.4, 0.5) is 0 Å². The number of hydrogen-bond donors (Lipinski definition) is 2. The van der Waals surface area contributed by atoms with E-state index in [1.165, 1.54) is 6.42 Å². The maximum Gasteiger partial charge on any atom is 0.303 e. The van der Waals surface area contributed by atoms with Crippen molar-refractivity contribution in [1.29, 1.82) is 0 Å². The summed E-state index contributed by atoms with van der Waals surface area (Å²) in [5, 5.41) is 20.1. The lowest BCUT2D eigenvalue weighted by atomic mass is 9.88. The number of rotatable bonds is 16. The molecule has 1 saturated carbocycles. The van der Waals surface area contributed by atoms with Crippen molar-refractivity contribution in [3.05, 3.63) is 24.3 Å². The standard InChI is InChI=1S/C32H54O7/c1-4-5-12-24(3)28(38-31-14-6-8-20-36-31)18-17-26-25(13-10-11-23(2)16-19-30(34)35)27(33)22-29(26)39-32-15-7-9-21-37-32/h10-11,17-18,23-29,31-33H,4-9,12-16,19-22H2,1-3H3,(H,34,35)/b11-10-,18-17+/t23?,24-,25-,26-,27?,28-,29?,31?,32?/m1/s1. The number of unbranched alkanes of at least 4 members (excludes halogenated alkanes) is 1. The molecule has 3 rings (SSSR count). The van der Waals surface area contributed by atoms with Crippen molar-refractivity contribution in [1.82, 2.24) is 0 Å². The highest BCUT2D eigenvalue weighted by atomic mass is 16.7. The van der Waals surface area contributed by atoms with Crippen LogP contribution in [0.2, 0.25) is 0 Å². The van der Waals surface area contributed by atoms with Crippen molar-refractivity contribution in [2.45, 2.75) is 135 Å². The third-order valence-corrected chi connectivity index (χ3v) is 8.59. The Morgan fingerprint density at radius 1 is 1.03 bits per heavy atom. The Bertz CT molecular complexity index is 741. The zero-order chi connectivity index (χ0) is 28.0. The fourth-order valence-electron chi connectivity index (χ4n) is 6.05. The van der Waals surface area contributed by atoms with Crippen molar-refractivity contribution < 1.29 is 34.0 Å². The van der Waals surface area contributed by atoms with Crippen LogP contribution in [0.1, 0.15) is 104 Å². The molecule has 7 heteroatoms. The number of hydrogen-bond acceptors (Lipinski definition) is 6. The van der Waals surface area contributed by atoms with Crippen LogP contribution in [0, 0.1) is 23.7 Å². The molecular weight excluding hydrogens is 496 g/mol. The summed E-state index contributed by atoms with van der Waals surface area (Å²) in [5.41, 5.74) is 0. The fraction of sp³-hybridized carbons (Fsp3) is 0.844. The molecule has 2 saturated heterocycles. The molecule has 1 aliphatic carbocycles. The van der Waals surface area contributed by atoms with Crippen molar-refractivity contribution in [2.24, 2.45) is 23.7 Å². The van der Waals surface area contributed by atoms with Gasteiger partial charge in [-0.05, 0) is 75.5 Å². The van der Waals surface area contributed by atoms with Crippen molar-refractivity contribution >= 4 is 5.97 Å².